The predicted octanol–water partition coefficient (Wildman–Crippen LogP) is 1.60. The lowest BCUT2D eigenvalue weighted by molar-refractivity contribution is 0.0335. The predicted molar refractivity (Wildman–Crippen MR) is 58.0 cm³/mol. The van der Waals surface area contributed by atoms with Crippen molar-refractivity contribution in [3.05, 3.63) is 0 Å². The van der Waals surface area contributed by atoms with E-state index >= 15 is 0 Å². The molecule has 0 amide bonds. The average molecular weight is 194 g/mol. The summed E-state index contributed by atoms with van der Waals surface area (Å²) in [5.41, 5.74) is 6.41. The topological polar surface area (TPSA) is 29.3 Å². The maximum Gasteiger partial charge on any atom is 0.00958 e. The third-order valence-electron chi connectivity index (χ3n) is 4.75. The fraction of sp³-hybridized carbons (Fsp3) is 1.00. The summed E-state index contributed by atoms with van der Waals surface area (Å²) >= 11 is 0. The lowest BCUT2D eigenvalue weighted by Gasteiger charge is -2.46. The van der Waals surface area contributed by atoms with Gasteiger partial charge in [-0.2, -0.15) is 0 Å². The molecule has 0 aromatic rings. The van der Waals surface area contributed by atoms with E-state index in [9.17, 15) is 0 Å². The van der Waals surface area contributed by atoms with Crippen LogP contribution in [0.3, 0.4) is 0 Å². The molecule has 0 atom stereocenters. The Morgan fingerprint density at radius 2 is 1.86 bits per heavy atom. The second kappa shape index (κ2) is 3.21. The van der Waals surface area contributed by atoms with Crippen LogP contribution in [0.25, 0.3) is 0 Å². The minimum Gasteiger partial charge on any atom is -0.330 e. The van der Waals surface area contributed by atoms with Gasteiger partial charge in [-0.3, -0.25) is 4.90 Å². The lowest BCUT2D eigenvalue weighted by atomic mass is 9.79. The molecule has 0 aromatic heterocycles. The second-order valence-corrected chi connectivity index (χ2v) is 5.81. The normalized spacial score (nSPS) is 40.1. The fourth-order valence-electron chi connectivity index (χ4n) is 3.40. The lowest BCUT2D eigenvalue weighted by Crippen LogP contribution is -2.50. The first-order chi connectivity index (χ1) is 6.81. The minimum atomic E-state index is 0.553. The van der Waals surface area contributed by atoms with Gasteiger partial charge >= 0.3 is 0 Å². The van der Waals surface area contributed by atoms with Crippen molar-refractivity contribution in [1.82, 2.24) is 4.90 Å². The molecule has 2 heteroatoms. The molecule has 0 radical (unpaired) electrons. The third kappa shape index (κ3) is 1.49. The van der Waals surface area contributed by atoms with Crippen molar-refractivity contribution < 1.29 is 0 Å². The van der Waals surface area contributed by atoms with E-state index in [0.717, 1.165) is 18.5 Å². The second-order valence-electron chi connectivity index (χ2n) is 5.81. The van der Waals surface area contributed by atoms with Crippen molar-refractivity contribution in [3.63, 3.8) is 0 Å². The highest BCUT2D eigenvalue weighted by molar-refractivity contribution is 4.99. The van der Waals surface area contributed by atoms with Crippen molar-refractivity contribution in [2.24, 2.45) is 17.1 Å². The summed E-state index contributed by atoms with van der Waals surface area (Å²) in [6.45, 7) is 3.61. The van der Waals surface area contributed by atoms with Crippen LogP contribution >= 0.6 is 0 Å². The number of fused-ring (bicyclic) bond motifs is 3. The maximum absolute atomic E-state index is 5.86. The van der Waals surface area contributed by atoms with Gasteiger partial charge in [0, 0.05) is 19.1 Å². The van der Waals surface area contributed by atoms with Crippen molar-refractivity contribution in [1.29, 1.82) is 0 Å². The van der Waals surface area contributed by atoms with E-state index in [-0.39, 0.29) is 0 Å². The molecule has 4 aliphatic rings. The highest BCUT2D eigenvalue weighted by atomic mass is 15.2. The van der Waals surface area contributed by atoms with Crippen molar-refractivity contribution in [2.75, 3.05) is 19.6 Å². The smallest absolute Gasteiger partial charge is 0.00958 e. The van der Waals surface area contributed by atoms with Crippen molar-refractivity contribution >= 4 is 0 Å². The van der Waals surface area contributed by atoms with Crippen LogP contribution in [-0.2, 0) is 0 Å². The van der Waals surface area contributed by atoms with Crippen LogP contribution in [-0.4, -0.2) is 30.6 Å². The molecule has 4 fully saturated rings. The van der Waals surface area contributed by atoms with E-state index in [1.807, 2.05) is 0 Å². The van der Waals surface area contributed by atoms with Crippen molar-refractivity contribution in [3.8, 4) is 0 Å². The van der Waals surface area contributed by atoms with Gasteiger partial charge in [0.25, 0.3) is 0 Å². The number of hydrogen-bond acceptors (Lipinski definition) is 2. The zero-order chi connectivity index (χ0) is 9.60. The number of rotatable bonds is 3. The van der Waals surface area contributed by atoms with Crippen LogP contribution in [0.15, 0.2) is 0 Å². The van der Waals surface area contributed by atoms with E-state index in [1.165, 1.54) is 51.6 Å². The zero-order valence-electron chi connectivity index (χ0n) is 9.04. The molecule has 14 heavy (non-hydrogen) atoms. The fourth-order valence-corrected chi connectivity index (χ4v) is 3.40. The molecule has 0 aromatic carbocycles. The molecular weight excluding hydrogens is 172 g/mol. The number of nitrogens with zero attached hydrogens (tertiary/aromatic N) is 1. The van der Waals surface area contributed by atoms with Crippen LogP contribution in [0, 0.1) is 11.3 Å². The average Bonchev–Trinajstić information content (AvgIpc) is 3.00. The van der Waals surface area contributed by atoms with Gasteiger partial charge in [0.2, 0.25) is 0 Å². The zero-order valence-corrected chi connectivity index (χ0v) is 9.04. The van der Waals surface area contributed by atoms with E-state index in [0.29, 0.717) is 5.41 Å². The minimum absolute atomic E-state index is 0.553. The summed E-state index contributed by atoms with van der Waals surface area (Å²) in [6.07, 6.45) is 8.69. The molecule has 2 aliphatic heterocycles. The Labute approximate surface area is 86.8 Å². The Balaban J connectivity index is 1.63. The molecule has 4 rings (SSSR count). The summed E-state index contributed by atoms with van der Waals surface area (Å²) < 4.78 is 0. The molecule has 2 saturated carbocycles. The van der Waals surface area contributed by atoms with Gasteiger partial charge in [-0.05, 0) is 56.4 Å². The largest absolute Gasteiger partial charge is 0.330 e. The maximum atomic E-state index is 5.86. The molecule has 2 N–H and O–H groups in total. The van der Waals surface area contributed by atoms with E-state index in [4.69, 9.17) is 5.73 Å². The Morgan fingerprint density at radius 1 is 1.14 bits per heavy atom. The van der Waals surface area contributed by atoms with Gasteiger partial charge in [0.15, 0.2) is 0 Å². The summed E-state index contributed by atoms with van der Waals surface area (Å²) in [6, 6.07) is 0.920. The summed E-state index contributed by atoms with van der Waals surface area (Å²) in [5, 5.41) is 0. The van der Waals surface area contributed by atoms with Crippen LogP contribution in [0.1, 0.15) is 38.5 Å². The van der Waals surface area contributed by atoms with E-state index in [2.05, 4.69) is 4.90 Å². The van der Waals surface area contributed by atoms with Gasteiger partial charge in [-0.25, -0.2) is 0 Å². The van der Waals surface area contributed by atoms with Crippen LogP contribution < -0.4 is 5.73 Å². The Morgan fingerprint density at radius 3 is 2.29 bits per heavy atom. The number of piperidine rings is 2. The molecule has 2 heterocycles. The van der Waals surface area contributed by atoms with Crippen LogP contribution in [0.5, 0.6) is 0 Å². The molecule has 2 bridgehead atoms. The Bertz CT molecular complexity index is 214. The van der Waals surface area contributed by atoms with Gasteiger partial charge in [0.05, 0.1) is 0 Å². The molecule has 0 unspecified atom stereocenters. The Kier molecular flexibility index (Phi) is 2.10. The summed E-state index contributed by atoms with van der Waals surface area (Å²) in [4.78, 5) is 2.76. The quantitative estimate of drug-likeness (QED) is 0.739. The summed E-state index contributed by atoms with van der Waals surface area (Å²) in [5.74, 6) is 1.02. The molecule has 80 valence electrons. The van der Waals surface area contributed by atoms with Crippen molar-refractivity contribution in [2.45, 2.75) is 44.6 Å². The molecule has 2 nitrogen and oxygen atoms in total. The first-order valence-corrected chi connectivity index (χ1v) is 6.25. The standard InChI is InChI=1S/C12H22N2/c13-8-12(5-6-12)9-14-7-10-1-3-11(14)4-2-10/h10-11H,1-9,13H2. The van der Waals surface area contributed by atoms with Gasteiger partial charge < -0.3 is 5.73 Å². The summed E-state index contributed by atoms with van der Waals surface area (Å²) in [7, 11) is 0. The molecule has 2 aliphatic carbocycles. The van der Waals surface area contributed by atoms with Crippen LogP contribution in [0.2, 0.25) is 0 Å². The van der Waals surface area contributed by atoms with E-state index < -0.39 is 0 Å². The first kappa shape index (κ1) is 9.17. The number of hydrogen-bond donors (Lipinski definition) is 1. The van der Waals surface area contributed by atoms with Gasteiger partial charge in [-0.15, -0.1) is 0 Å². The van der Waals surface area contributed by atoms with Gasteiger partial charge in [0.1, 0.15) is 0 Å². The van der Waals surface area contributed by atoms with Gasteiger partial charge in [-0.1, -0.05) is 0 Å². The third-order valence-corrected chi connectivity index (χ3v) is 4.75. The molecular formula is C12H22N2. The SMILES string of the molecule is NCC1(CN2CC3CCC2CC3)CC1. The van der Waals surface area contributed by atoms with Crippen LogP contribution in [0.4, 0.5) is 0 Å². The Hall–Kier alpha value is -0.0800. The molecule has 2 saturated heterocycles. The highest BCUT2D eigenvalue weighted by Gasteiger charge is 2.45. The number of nitrogens with two attached hydrogens (primary N) is 1. The molecule has 0 spiro atoms. The monoisotopic (exact) mass is 194 g/mol. The first-order valence-electron chi connectivity index (χ1n) is 6.25. The van der Waals surface area contributed by atoms with E-state index in [1.54, 1.807) is 0 Å². The highest BCUT2D eigenvalue weighted by Crippen LogP contribution is 2.47.